The smallest absolute Gasteiger partial charge is 0.264 e. The van der Waals surface area contributed by atoms with Crippen molar-refractivity contribution < 1.29 is 31.9 Å². The van der Waals surface area contributed by atoms with Gasteiger partial charge in [-0.3, -0.25) is 9.59 Å². The van der Waals surface area contributed by atoms with E-state index in [9.17, 15) is 18.0 Å². The summed E-state index contributed by atoms with van der Waals surface area (Å²) in [4.78, 5) is 30.9. The van der Waals surface area contributed by atoms with Crippen LogP contribution < -0.4 is 14.4 Å². The first-order chi connectivity index (χ1) is 24.5. The third-order valence-corrected chi connectivity index (χ3v) is 14.3. The molecule has 2 aromatic rings. The number of rotatable bonds is 3. The van der Waals surface area contributed by atoms with E-state index in [4.69, 9.17) is 21.1 Å². The molecule has 12 heteroatoms. The van der Waals surface area contributed by atoms with Crippen LogP contribution in [0.1, 0.15) is 86.7 Å². The zero-order valence-corrected chi connectivity index (χ0v) is 31.1. The highest BCUT2D eigenvalue weighted by Gasteiger charge is 2.45. The van der Waals surface area contributed by atoms with Gasteiger partial charge in [0.15, 0.2) is 0 Å². The number of amides is 2. The minimum Gasteiger partial charge on any atom is -0.491 e. The molecule has 276 valence electrons. The molecule has 6 atom stereocenters. The van der Waals surface area contributed by atoms with Crippen LogP contribution in [0.25, 0.3) is 0 Å². The number of hydrogen-bond acceptors (Lipinski definition) is 7. The molecule has 4 aliphatic heterocycles. The van der Waals surface area contributed by atoms with Crippen LogP contribution in [0.5, 0.6) is 5.75 Å². The molecule has 1 saturated carbocycles. The standard InChI is InChI=1S/C39H49ClFN3O6S/c1-24-25(2)51(47,48)42-39(46)26-11-14-35-34(20-26)44(21-27-10-13-33(40)37(41)31(27)8-4-7-17-49-35)22-28-9-12-32(28)38(30-18-29(24)19-30)50-23-36(45)43-15-5-3-6-16-43/h10-11,13-14,18,20,24-25,28-29,32,38H,3-9,12,15-17,19,21-23H2,1-2H3,(H,42,46)/t24-,25-,28+,29+,32-,38+/m1/s1. The fourth-order valence-electron chi connectivity index (χ4n) is 8.50. The number of piperidine rings is 1. The number of fused-ring (bicyclic) bond motifs is 5. The lowest BCUT2D eigenvalue weighted by atomic mass is 9.64. The second-order valence-corrected chi connectivity index (χ2v) is 17.6. The molecule has 9 nitrogen and oxygen atoms in total. The van der Waals surface area contributed by atoms with Gasteiger partial charge in [0.25, 0.3) is 5.91 Å². The van der Waals surface area contributed by atoms with Gasteiger partial charge in [0.05, 0.1) is 28.7 Å². The molecular weight excluding hydrogens is 693 g/mol. The number of hydrogen-bond donors (Lipinski definition) is 1. The minimum atomic E-state index is -4.02. The van der Waals surface area contributed by atoms with E-state index in [2.05, 4.69) is 15.7 Å². The van der Waals surface area contributed by atoms with Crippen molar-refractivity contribution in [2.24, 2.45) is 23.7 Å². The maximum absolute atomic E-state index is 15.6. The van der Waals surface area contributed by atoms with Gasteiger partial charge >= 0.3 is 0 Å². The van der Waals surface area contributed by atoms with Gasteiger partial charge in [-0.25, -0.2) is 17.5 Å². The SMILES string of the molecule is C[C@@H]1[C@@H](C)S(=O)(=O)NC(=O)c2ccc3c(c2)N(Cc2ccc(Cl)c(F)c2CCCCO3)C[C@@H]2CC[C@H]2[C@@H](OCC(=O)N2CCCCC2)C2=C[C@H]1C2. The predicted molar refractivity (Wildman–Crippen MR) is 195 cm³/mol. The van der Waals surface area contributed by atoms with Crippen molar-refractivity contribution in [3.05, 3.63) is 69.5 Å². The van der Waals surface area contributed by atoms with Crippen LogP contribution in [0.4, 0.5) is 10.1 Å². The third kappa shape index (κ3) is 7.53. The van der Waals surface area contributed by atoms with E-state index in [0.29, 0.717) is 62.4 Å². The number of benzene rings is 2. The highest BCUT2D eigenvalue weighted by Crippen LogP contribution is 2.48. The monoisotopic (exact) mass is 741 g/mol. The Morgan fingerprint density at radius 3 is 2.61 bits per heavy atom. The Morgan fingerprint density at radius 2 is 1.86 bits per heavy atom. The molecule has 0 radical (unpaired) electrons. The second-order valence-electron chi connectivity index (χ2n) is 15.2. The van der Waals surface area contributed by atoms with Crippen LogP contribution in [-0.2, 0) is 32.5 Å². The van der Waals surface area contributed by atoms with Crippen LogP contribution in [0.2, 0.25) is 5.02 Å². The number of halogens is 2. The summed E-state index contributed by atoms with van der Waals surface area (Å²) in [6, 6.07) is 8.50. The lowest BCUT2D eigenvalue weighted by molar-refractivity contribution is -0.141. The molecule has 0 spiro atoms. The van der Waals surface area contributed by atoms with E-state index in [-0.39, 0.29) is 52.9 Å². The molecule has 2 amide bonds. The van der Waals surface area contributed by atoms with E-state index < -0.39 is 27.0 Å². The van der Waals surface area contributed by atoms with E-state index in [1.165, 1.54) is 0 Å². The van der Waals surface area contributed by atoms with Gasteiger partial charge in [0.2, 0.25) is 15.9 Å². The Morgan fingerprint density at radius 1 is 1.08 bits per heavy atom. The lowest BCUT2D eigenvalue weighted by Crippen LogP contribution is -2.48. The number of anilines is 1. The average molecular weight is 742 g/mol. The molecule has 4 bridgehead atoms. The molecule has 0 aromatic heterocycles. The first-order valence-corrected chi connectivity index (χ1v) is 20.6. The summed E-state index contributed by atoms with van der Waals surface area (Å²) in [7, 11) is -4.02. The molecule has 1 saturated heterocycles. The van der Waals surface area contributed by atoms with Gasteiger partial charge in [0, 0.05) is 31.7 Å². The fourth-order valence-corrected chi connectivity index (χ4v) is 10.0. The van der Waals surface area contributed by atoms with Crippen LogP contribution in [-0.4, -0.2) is 69.3 Å². The van der Waals surface area contributed by atoms with Crippen LogP contribution in [0.15, 0.2) is 42.0 Å². The van der Waals surface area contributed by atoms with E-state index in [1.807, 2.05) is 17.9 Å². The topological polar surface area (TPSA) is 105 Å². The summed E-state index contributed by atoms with van der Waals surface area (Å²) >= 11 is 6.27. The summed E-state index contributed by atoms with van der Waals surface area (Å²) in [6.45, 7) is 6.40. The Hall–Kier alpha value is -3.15. The maximum Gasteiger partial charge on any atom is 0.264 e. The van der Waals surface area contributed by atoms with Crippen molar-refractivity contribution in [2.75, 3.05) is 37.7 Å². The highest BCUT2D eigenvalue weighted by molar-refractivity contribution is 7.90. The first kappa shape index (κ1) is 36.2. The Balaban J connectivity index is 1.28. The summed E-state index contributed by atoms with van der Waals surface area (Å²) in [5.41, 5.74) is 3.33. The number of nitrogens with one attached hydrogen (secondary N) is 1. The molecular formula is C39H49ClFN3O6S. The van der Waals surface area contributed by atoms with Gasteiger partial charge in [-0.1, -0.05) is 30.7 Å². The number of ether oxygens (including phenoxy) is 2. The van der Waals surface area contributed by atoms with Crippen molar-refractivity contribution in [1.82, 2.24) is 9.62 Å². The van der Waals surface area contributed by atoms with Gasteiger partial charge < -0.3 is 19.3 Å². The molecule has 0 unspecified atom stereocenters. The maximum atomic E-state index is 15.6. The number of carbonyl (C=O) groups is 2. The Labute approximate surface area is 305 Å². The zero-order chi connectivity index (χ0) is 35.9. The van der Waals surface area contributed by atoms with E-state index >= 15 is 4.39 Å². The molecule has 4 heterocycles. The van der Waals surface area contributed by atoms with Gasteiger partial charge in [0.1, 0.15) is 18.2 Å². The average Bonchev–Trinajstić information content (AvgIpc) is 3.12. The number of nitrogens with zero attached hydrogens (tertiary/aromatic N) is 2. The largest absolute Gasteiger partial charge is 0.491 e. The fraction of sp³-hybridized carbons (Fsp3) is 0.590. The zero-order valence-electron chi connectivity index (χ0n) is 29.5. The van der Waals surface area contributed by atoms with Gasteiger partial charge in [-0.05, 0) is 129 Å². The van der Waals surface area contributed by atoms with Crippen LogP contribution in [0.3, 0.4) is 0 Å². The minimum absolute atomic E-state index is 0.00393. The Bertz CT molecular complexity index is 1800. The van der Waals surface area contributed by atoms with Crippen molar-refractivity contribution in [2.45, 2.75) is 89.5 Å². The Kier molecular flexibility index (Phi) is 10.7. The molecule has 2 fully saturated rings. The second kappa shape index (κ2) is 15.1. The molecule has 1 N–H and O–H groups in total. The third-order valence-electron chi connectivity index (χ3n) is 12.1. The summed E-state index contributed by atoms with van der Waals surface area (Å²) in [6.07, 6.45) is 9.49. The van der Waals surface area contributed by atoms with E-state index in [0.717, 1.165) is 56.3 Å². The van der Waals surface area contributed by atoms with Crippen molar-refractivity contribution in [1.29, 1.82) is 0 Å². The summed E-state index contributed by atoms with van der Waals surface area (Å²) in [5.74, 6) is -0.446. The first-order valence-electron chi connectivity index (χ1n) is 18.6. The number of carbonyl (C=O) groups excluding carboxylic acids is 2. The number of allylic oxidation sites excluding steroid dienone is 1. The molecule has 51 heavy (non-hydrogen) atoms. The van der Waals surface area contributed by atoms with Crippen LogP contribution >= 0.6 is 11.6 Å². The van der Waals surface area contributed by atoms with Crippen molar-refractivity contribution in [3.8, 4) is 5.75 Å². The van der Waals surface area contributed by atoms with Crippen molar-refractivity contribution >= 4 is 39.1 Å². The molecule has 6 aliphatic rings. The van der Waals surface area contributed by atoms with Crippen LogP contribution in [0, 0.1) is 29.5 Å². The molecule has 2 aromatic carbocycles. The quantitative estimate of drug-likeness (QED) is 0.351. The van der Waals surface area contributed by atoms with Gasteiger partial charge in [-0.15, -0.1) is 0 Å². The normalized spacial score (nSPS) is 29.4. The number of sulfonamides is 1. The molecule has 2 aliphatic carbocycles. The summed E-state index contributed by atoms with van der Waals surface area (Å²) < 4.78 is 58.0. The van der Waals surface area contributed by atoms with E-state index in [1.54, 1.807) is 31.2 Å². The molecule has 8 rings (SSSR count). The number of likely N-dealkylation sites (tertiary alicyclic amines) is 1. The predicted octanol–water partition coefficient (Wildman–Crippen LogP) is 6.67. The summed E-state index contributed by atoms with van der Waals surface area (Å²) in [5, 5.41) is -0.741. The van der Waals surface area contributed by atoms with Crippen molar-refractivity contribution in [3.63, 3.8) is 0 Å². The van der Waals surface area contributed by atoms with Gasteiger partial charge in [-0.2, -0.15) is 0 Å². The lowest BCUT2D eigenvalue weighted by Gasteiger charge is -2.48. The highest BCUT2D eigenvalue weighted by atomic mass is 35.5.